The molecule has 0 saturated heterocycles. The third-order valence-electron chi connectivity index (χ3n) is 4.88. The summed E-state index contributed by atoms with van der Waals surface area (Å²) in [5.41, 5.74) is 0.227. The molecular weight excluding hydrogens is 198 g/mol. The van der Waals surface area contributed by atoms with Gasteiger partial charge >= 0.3 is 0 Å². The minimum absolute atomic E-state index is 0.227. The zero-order valence-corrected chi connectivity index (χ0v) is 10.9. The fourth-order valence-corrected chi connectivity index (χ4v) is 3.50. The maximum atomic E-state index is 5.76. The van der Waals surface area contributed by atoms with Crippen LogP contribution in [0.5, 0.6) is 0 Å². The molecule has 2 heteroatoms. The quantitative estimate of drug-likeness (QED) is 0.776. The number of methoxy groups -OCH3 is 1. The van der Waals surface area contributed by atoms with Crippen molar-refractivity contribution in [2.75, 3.05) is 14.2 Å². The van der Waals surface area contributed by atoms with Gasteiger partial charge in [-0.1, -0.05) is 19.3 Å². The summed E-state index contributed by atoms with van der Waals surface area (Å²) in [5.74, 6) is 0.895. The molecule has 0 radical (unpaired) electrons. The van der Waals surface area contributed by atoms with Crippen molar-refractivity contribution < 1.29 is 4.74 Å². The Balaban J connectivity index is 1.88. The second-order valence-corrected chi connectivity index (χ2v) is 5.74. The molecule has 1 N–H and O–H groups in total. The Kier molecular flexibility index (Phi) is 4.26. The summed E-state index contributed by atoms with van der Waals surface area (Å²) in [6, 6.07) is 0.681. The summed E-state index contributed by atoms with van der Waals surface area (Å²) < 4.78 is 5.76. The van der Waals surface area contributed by atoms with Gasteiger partial charge < -0.3 is 10.1 Å². The van der Waals surface area contributed by atoms with Gasteiger partial charge in [-0.15, -0.1) is 0 Å². The maximum Gasteiger partial charge on any atom is 0.0693 e. The first kappa shape index (κ1) is 12.4. The Labute approximate surface area is 100 Å². The van der Waals surface area contributed by atoms with E-state index in [1.54, 1.807) is 0 Å². The third-order valence-corrected chi connectivity index (χ3v) is 4.88. The standard InChI is InChI=1S/C14H27NO/c1-15-13(12-7-4-3-5-8-12)11-14(16-2)9-6-10-14/h12-13,15H,3-11H2,1-2H3. The molecule has 0 bridgehead atoms. The van der Waals surface area contributed by atoms with Crippen molar-refractivity contribution >= 4 is 0 Å². The van der Waals surface area contributed by atoms with Gasteiger partial charge in [-0.25, -0.2) is 0 Å². The second-order valence-electron chi connectivity index (χ2n) is 5.74. The van der Waals surface area contributed by atoms with Gasteiger partial charge in [0.05, 0.1) is 5.60 Å². The highest BCUT2D eigenvalue weighted by Gasteiger charge is 2.40. The Morgan fingerprint density at radius 2 is 1.88 bits per heavy atom. The van der Waals surface area contributed by atoms with Crippen LogP contribution in [-0.4, -0.2) is 25.8 Å². The van der Waals surface area contributed by atoms with Crippen LogP contribution in [-0.2, 0) is 4.74 Å². The minimum Gasteiger partial charge on any atom is -0.378 e. The van der Waals surface area contributed by atoms with Crippen LogP contribution < -0.4 is 5.32 Å². The van der Waals surface area contributed by atoms with Gasteiger partial charge in [-0.3, -0.25) is 0 Å². The molecule has 2 aliphatic carbocycles. The molecule has 0 aromatic heterocycles. The van der Waals surface area contributed by atoms with Crippen molar-refractivity contribution in [2.45, 2.75) is 69.4 Å². The van der Waals surface area contributed by atoms with E-state index >= 15 is 0 Å². The Morgan fingerprint density at radius 1 is 1.19 bits per heavy atom. The average molecular weight is 225 g/mol. The first-order chi connectivity index (χ1) is 7.79. The molecule has 2 fully saturated rings. The predicted octanol–water partition coefficient (Wildman–Crippen LogP) is 3.11. The van der Waals surface area contributed by atoms with Crippen LogP contribution in [0, 0.1) is 5.92 Å². The summed E-state index contributed by atoms with van der Waals surface area (Å²) in [5, 5.41) is 3.55. The number of hydrogen-bond donors (Lipinski definition) is 1. The first-order valence-electron chi connectivity index (χ1n) is 7.02. The Hall–Kier alpha value is -0.0800. The molecule has 0 heterocycles. The predicted molar refractivity (Wildman–Crippen MR) is 67.6 cm³/mol. The molecule has 0 aliphatic heterocycles. The molecule has 0 spiro atoms. The van der Waals surface area contributed by atoms with E-state index in [0.29, 0.717) is 6.04 Å². The lowest BCUT2D eigenvalue weighted by molar-refractivity contribution is -0.0874. The highest BCUT2D eigenvalue weighted by Crippen LogP contribution is 2.41. The third kappa shape index (κ3) is 2.60. The molecule has 0 amide bonds. The zero-order chi connectivity index (χ0) is 11.4. The van der Waals surface area contributed by atoms with E-state index in [4.69, 9.17) is 4.74 Å². The van der Waals surface area contributed by atoms with Crippen molar-refractivity contribution in [2.24, 2.45) is 5.92 Å². The van der Waals surface area contributed by atoms with E-state index in [9.17, 15) is 0 Å². The van der Waals surface area contributed by atoms with E-state index in [1.165, 1.54) is 57.8 Å². The van der Waals surface area contributed by atoms with E-state index in [-0.39, 0.29) is 5.60 Å². The second kappa shape index (κ2) is 5.50. The van der Waals surface area contributed by atoms with Crippen LogP contribution in [0.1, 0.15) is 57.8 Å². The Morgan fingerprint density at radius 3 is 2.31 bits per heavy atom. The smallest absolute Gasteiger partial charge is 0.0693 e. The first-order valence-corrected chi connectivity index (χ1v) is 7.02. The van der Waals surface area contributed by atoms with Crippen LogP contribution in [0.3, 0.4) is 0 Å². The average Bonchev–Trinajstić information content (AvgIpc) is 2.30. The van der Waals surface area contributed by atoms with Gasteiger partial charge in [0.25, 0.3) is 0 Å². The fraction of sp³-hybridized carbons (Fsp3) is 1.00. The van der Waals surface area contributed by atoms with Gasteiger partial charge in [-0.2, -0.15) is 0 Å². The van der Waals surface area contributed by atoms with Crippen LogP contribution in [0.15, 0.2) is 0 Å². The van der Waals surface area contributed by atoms with Gasteiger partial charge in [0.2, 0.25) is 0 Å². The van der Waals surface area contributed by atoms with Crippen LogP contribution >= 0.6 is 0 Å². The van der Waals surface area contributed by atoms with Crippen molar-refractivity contribution in [1.29, 1.82) is 0 Å². The molecule has 1 atom stereocenters. The summed E-state index contributed by atoms with van der Waals surface area (Å²) in [4.78, 5) is 0. The SMILES string of the molecule is CNC(CC1(OC)CCC1)C1CCCCC1. The fourth-order valence-electron chi connectivity index (χ4n) is 3.50. The van der Waals surface area contributed by atoms with Crippen molar-refractivity contribution in [3.63, 3.8) is 0 Å². The molecule has 94 valence electrons. The normalized spacial score (nSPS) is 27.4. The van der Waals surface area contributed by atoms with Crippen molar-refractivity contribution in [3.8, 4) is 0 Å². The lowest BCUT2D eigenvalue weighted by Crippen LogP contribution is -2.48. The van der Waals surface area contributed by atoms with E-state index in [0.717, 1.165) is 5.92 Å². The largest absolute Gasteiger partial charge is 0.378 e. The molecular formula is C14H27NO. The summed E-state index contributed by atoms with van der Waals surface area (Å²) in [6.45, 7) is 0. The lowest BCUT2D eigenvalue weighted by atomic mass is 9.71. The number of rotatable bonds is 5. The zero-order valence-electron chi connectivity index (χ0n) is 10.9. The topological polar surface area (TPSA) is 21.3 Å². The van der Waals surface area contributed by atoms with E-state index in [2.05, 4.69) is 12.4 Å². The molecule has 16 heavy (non-hydrogen) atoms. The minimum atomic E-state index is 0.227. The summed E-state index contributed by atoms with van der Waals surface area (Å²) in [6.07, 6.45) is 12.3. The van der Waals surface area contributed by atoms with E-state index < -0.39 is 0 Å². The van der Waals surface area contributed by atoms with Gasteiger partial charge in [0.15, 0.2) is 0 Å². The van der Waals surface area contributed by atoms with Gasteiger partial charge in [0.1, 0.15) is 0 Å². The van der Waals surface area contributed by atoms with Crippen molar-refractivity contribution in [1.82, 2.24) is 5.32 Å². The van der Waals surface area contributed by atoms with Crippen molar-refractivity contribution in [3.05, 3.63) is 0 Å². The van der Waals surface area contributed by atoms with Crippen LogP contribution in [0.2, 0.25) is 0 Å². The highest BCUT2D eigenvalue weighted by molar-refractivity contribution is 4.95. The number of ether oxygens (including phenoxy) is 1. The van der Waals surface area contributed by atoms with Crippen LogP contribution in [0.4, 0.5) is 0 Å². The monoisotopic (exact) mass is 225 g/mol. The molecule has 2 rings (SSSR count). The van der Waals surface area contributed by atoms with E-state index in [1.807, 2.05) is 7.11 Å². The summed E-state index contributed by atoms with van der Waals surface area (Å²) >= 11 is 0. The highest BCUT2D eigenvalue weighted by atomic mass is 16.5. The molecule has 2 saturated carbocycles. The molecule has 2 nitrogen and oxygen atoms in total. The lowest BCUT2D eigenvalue weighted by Gasteiger charge is -2.44. The summed E-state index contributed by atoms with van der Waals surface area (Å²) in [7, 11) is 4.02. The maximum absolute atomic E-state index is 5.76. The molecule has 2 aliphatic rings. The molecule has 1 unspecified atom stereocenters. The number of hydrogen-bond acceptors (Lipinski definition) is 2. The molecule has 0 aromatic rings. The van der Waals surface area contributed by atoms with Gasteiger partial charge in [-0.05, 0) is 51.5 Å². The van der Waals surface area contributed by atoms with Gasteiger partial charge in [0, 0.05) is 13.2 Å². The molecule has 0 aromatic carbocycles. The Bertz CT molecular complexity index is 201. The number of nitrogens with one attached hydrogen (secondary N) is 1. The van der Waals surface area contributed by atoms with Crippen LogP contribution in [0.25, 0.3) is 0 Å².